The molecule has 2 N–H and O–H groups in total. The number of nitrogens with zero attached hydrogens (tertiary/aromatic N) is 3. The van der Waals surface area contributed by atoms with Crippen LogP contribution in [0.1, 0.15) is 19.4 Å². The number of nitrogen functional groups attached to an aromatic ring is 1. The maximum Gasteiger partial charge on any atom is 0.418 e. The van der Waals surface area contributed by atoms with Gasteiger partial charge in [0.05, 0.1) is 16.2 Å². The molecular formula is C14H19F3N4O2. The molecule has 2 rings (SSSR count). The lowest BCUT2D eigenvalue weighted by Gasteiger charge is -2.41. The fraction of sp³-hybridized carbons (Fsp3) is 0.571. The molecule has 1 aromatic carbocycles. The average molecular weight is 332 g/mol. The van der Waals surface area contributed by atoms with Crippen LogP contribution in [0.5, 0.6) is 0 Å². The van der Waals surface area contributed by atoms with Gasteiger partial charge in [-0.2, -0.15) is 13.2 Å². The van der Waals surface area contributed by atoms with Crippen molar-refractivity contribution in [2.45, 2.75) is 26.1 Å². The minimum atomic E-state index is -4.69. The summed E-state index contributed by atoms with van der Waals surface area (Å²) in [4.78, 5) is 13.7. The largest absolute Gasteiger partial charge is 0.418 e. The van der Waals surface area contributed by atoms with Crippen LogP contribution in [0, 0.1) is 10.1 Å². The standard InChI is InChI=1S/C14H19F3N4O2/c1-3-19-4-5-20(9(2)8-19)12-7-11(18)13(21(22)23)6-10(12)14(15,16)17/h6-7,9H,3-5,8,18H2,1-2H3. The number of anilines is 2. The van der Waals surface area contributed by atoms with Gasteiger partial charge in [0, 0.05) is 31.7 Å². The van der Waals surface area contributed by atoms with Crippen LogP contribution in [0.15, 0.2) is 12.1 Å². The zero-order valence-corrected chi connectivity index (χ0v) is 12.9. The topological polar surface area (TPSA) is 75.6 Å². The van der Waals surface area contributed by atoms with E-state index in [1.165, 1.54) is 0 Å². The molecule has 0 spiro atoms. The summed E-state index contributed by atoms with van der Waals surface area (Å²) in [6.07, 6.45) is -4.69. The number of piperazine rings is 1. The molecule has 0 amide bonds. The quantitative estimate of drug-likeness (QED) is 0.523. The van der Waals surface area contributed by atoms with Gasteiger partial charge in [0.1, 0.15) is 5.69 Å². The van der Waals surface area contributed by atoms with Crippen molar-refractivity contribution >= 4 is 17.1 Å². The number of hydrogen-bond acceptors (Lipinski definition) is 5. The molecule has 1 unspecified atom stereocenters. The first kappa shape index (κ1) is 17.3. The van der Waals surface area contributed by atoms with Gasteiger partial charge in [-0.1, -0.05) is 6.92 Å². The van der Waals surface area contributed by atoms with Gasteiger partial charge in [-0.05, 0) is 19.5 Å². The van der Waals surface area contributed by atoms with Crippen LogP contribution in [0.4, 0.5) is 30.2 Å². The normalized spacial score (nSPS) is 19.9. The Labute approximate surface area is 131 Å². The second-order valence-corrected chi connectivity index (χ2v) is 5.62. The summed E-state index contributed by atoms with van der Waals surface area (Å²) in [7, 11) is 0. The molecular weight excluding hydrogens is 313 g/mol. The van der Waals surface area contributed by atoms with Crippen molar-refractivity contribution in [1.29, 1.82) is 0 Å². The lowest BCUT2D eigenvalue weighted by molar-refractivity contribution is -0.384. The van der Waals surface area contributed by atoms with Gasteiger partial charge in [-0.3, -0.25) is 15.0 Å². The van der Waals surface area contributed by atoms with Gasteiger partial charge in [0.25, 0.3) is 5.69 Å². The summed E-state index contributed by atoms with van der Waals surface area (Å²) < 4.78 is 40.0. The van der Waals surface area contributed by atoms with Crippen LogP contribution in [0.2, 0.25) is 0 Å². The van der Waals surface area contributed by atoms with Crippen LogP contribution >= 0.6 is 0 Å². The third-order valence-corrected chi connectivity index (χ3v) is 4.12. The number of likely N-dealkylation sites (N-methyl/N-ethyl adjacent to an activating group) is 1. The highest BCUT2D eigenvalue weighted by Crippen LogP contribution is 2.42. The lowest BCUT2D eigenvalue weighted by Crippen LogP contribution is -2.52. The molecule has 0 aromatic heterocycles. The number of nitrogens with two attached hydrogens (primary N) is 1. The third kappa shape index (κ3) is 3.49. The Morgan fingerprint density at radius 1 is 1.39 bits per heavy atom. The first-order valence-electron chi connectivity index (χ1n) is 7.29. The van der Waals surface area contributed by atoms with Crippen LogP contribution in [-0.2, 0) is 6.18 Å². The summed E-state index contributed by atoms with van der Waals surface area (Å²) in [5.41, 5.74) is 3.50. The van der Waals surface area contributed by atoms with E-state index in [2.05, 4.69) is 4.90 Å². The summed E-state index contributed by atoms with van der Waals surface area (Å²) >= 11 is 0. The van der Waals surface area contributed by atoms with E-state index in [0.717, 1.165) is 12.6 Å². The predicted octanol–water partition coefficient (Wildman–Crippen LogP) is 2.73. The van der Waals surface area contributed by atoms with Gasteiger partial charge in [0.15, 0.2) is 0 Å². The fourth-order valence-electron chi connectivity index (χ4n) is 2.89. The molecule has 0 aliphatic carbocycles. The first-order chi connectivity index (χ1) is 10.6. The Hall–Kier alpha value is -2.03. The minimum absolute atomic E-state index is 0.0937. The second kappa shape index (κ2) is 6.23. The molecule has 128 valence electrons. The number of nitro benzene ring substituents is 1. The number of alkyl halides is 3. The number of rotatable bonds is 3. The van der Waals surface area contributed by atoms with Crippen molar-refractivity contribution < 1.29 is 18.1 Å². The Morgan fingerprint density at radius 3 is 2.52 bits per heavy atom. The molecule has 1 aliphatic rings. The van der Waals surface area contributed by atoms with Crippen LogP contribution in [0.3, 0.4) is 0 Å². The molecule has 0 saturated carbocycles. The minimum Gasteiger partial charge on any atom is -0.393 e. The molecule has 1 atom stereocenters. The molecule has 1 heterocycles. The van der Waals surface area contributed by atoms with E-state index < -0.39 is 22.4 Å². The summed E-state index contributed by atoms with van der Waals surface area (Å²) in [5.74, 6) is 0. The van der Waals surface area contributed by atoms with E-state index in [0.29, 0.717) is 25.7 Å². The Morgan fingerprint density at radius 2 is 2.04 bits per heavy atom. The Kier molecular flexibility index (Phi) is 4.69. The van der Waals surface area contributed by atoms with Crippen LogP contribution < -0.4 is 10.6 Å². The van der Waals surface area contributed by atoms with E-state index in [9.17, 15) is 23.3 Å². The number of nitro groups is 1. The Balaban J connectivity index is 2.49. The highest BCUT2D eigenvalue weighted by Gasteiger charge is 2.39. The summed E-state index contributed by atoms with van der Waals surface area (Å²) in [5, 5.41) is 10.9. The first-order valence-corrected chi connectivity index (χ1v) is 7.29. The summed E-state index contributed by atoms with van der Waals surface area (Å²) in [6, 6.07) is 1.45. The number of halogens is 3. The van der Waals surface area contributed by atoms with E-state index in [4.69, 9.17) is 5.73 Å². The molecule has 1 aliphatic heterocycles. The van der Waals surface area contributed by atoms with Gasteiger partial charge in [-0.25, -0.2) is 0 Å². The van der Waals surface area contributed by atoms with E-state index >= 15 is 0 Å². The molecule has 1 fully saturated rings. The molecule has 0 bridgehead atoms. The lowest BCUT2D eigenvalue weighted by atomic mass is 10.1. The van der Waals surface area contributed by atoms with Crippen molar-refractivity contribution in [3.63, 3.8) is 0 Å². The van der Waals surface area contributed by atoms with Crippen molar-refractivity contribution in [2.24, 2.45) is 0 Å². The van der Waals surface area contributed by atoms with Crippen molar-refractivity contribution in [3.05, 3.63) is 27.8 Å². The maximum atomic E-state index is 13.3. The third-order valence-electron chi connectivity index (χ3n) is 4.12. The SMILES string of the molecule is CCN1CCN(c2cc(N)c([N+](=O)[O-])cc2C(F)(F)F)C(C)C1. The van der Waals surface area contributed by atoms with Crippen LogP contribution in [-0.4, -0.2) is 42.0 Å². The monoisotopic (exact) mass is 332 g/mol. The number of hydrogen-bond donors (Lipinski definition) is 1. The molecule has 0 radical (unpaired) electrons. The fourth-order valence-corrected chi connectivity index (χ4v) is 2.89. The van der Waals surface area contributed by atoms with E-state index in [-0.39, 0.29) is 17.4 Å². The van der Waals surface area contributed by atoms with Crippen molar-refractivity contribution in [3.8, 4) is 0 Å². The highest BCUT2D eigenvalue weighted by molar-refractivity contribution is 5.71. The molecule has 23 heavy (non-hydrogen) atoms. The summed E-state index contributed by atoms with van der Waals surface area (Å²) in [6.45, 7) is 6.33. The molecule has 6 nitrogen and oxygen atoms in total. The van der Waals surface area contributed by atoms with Crippen molar-refractivity contribution in [1.82, 2.24) is 4.90 Å². The second-order valence-electron chi connectivity index (χ2n) is 5.62. The highest BCUT2D eigenvalue weighted by atomic mass is 19.4. The zero-order valence-electron chi connectivity index (χ0n) is 12.9. The number of benzene rings is 1. The molecule has 9 heteroatoms. The smallest absolute Gasteiger partial charge is 0.393 e. The Bertz CT molecular complexity index is 606. The average Bonchev–Trinajstić information content (AvgIpc) is 2.45. The molecule has 1 saturated heterocycles. The maximum absolute atomic E-state index is 13.3. The van der Waals surface area contributed by atoms with Gasteiger partial charge >= 0.3 is 6.18 Å². The van der Waals surface area contributed by atoms with E-state index in [1.807, 2.05) is 13.8 Å². The van der Waals surface area contributed by atoms with Gasteiger partial charge < -0.3 is 10.6 Å². The molecule has 1 aromatic rings. The predicted molar refractivity (Wildman–Crippen MR) is 81.4 cm³/mol. The zero-order chi connectivity index (χ0) is 17.4. The van der Waals surface area contributed by atoms with E-state index in [1.54, 1.807) is 4.90 Å². The van der Waals surface area contributed by atoms with Gasteiger partial charge in [0.2, 0.25) is 0 Å². The van der Waals surface area contributed by atoms with Crippen LogP contribution in [0.25, 0.3) is 0 Å². The van der Waals surface area contributed by atoms with Crippen molar-refractivity contribution in [2.75, 3.05) is 36.8 Å². The van der Waals surface area contributed by atoms with Gasteiger partial charge in [-0.15, -0.1) is 0 Å².